The summed E-state index contributed by atoms with van der Waals surface area (Å²) in [5.74, 6) is 0.405. The number of amides is 2. The van der Waals surface area contributed by atoms with Gasteiger partial charge in [-0.25, -0.2) is 9.18 Å². The summed E-state index contributed by atoms with van der Waals surface area (Å²) >= 11 is 0. The third kappa shape index (κ3) is 4.47. The SMILES string of the molecule is O=C(NCc1ccc(F)cc1)Nc1ccccc1OC1CCCC1. The molecule has 1 saturated carbocycles. The lowest BCUT2D eigenvalue weighted by atomic mass is 10.2. The fourth-order valence-electron chi connectivity index (χ4n) is 2.81. The van der Waals surface area contributed by atoms with Gasteiger partial charge in [-0.05, 0) is 55.5 Å². The van der Waals surface area contributed by atoms with E-state index in [1.807, 2.05) is 24.3 Å². The summed E-state index contributed by atoms with van der Waals surface area (Å²) in [6.45, 7) is 0.331. The molecule has 0 aliphatic heterocycles. The zero-order chi connectivity index (χ0) is 16.8. The molecule has 2 amide bonds. The van der Waals surface area contributed by atoms with Crippen molar-refractivity contribution in [3.8, 4) is 5.75 Å². The number of halogens is 1. The molecule has 1 aliphatic carbocycles. The molecule has 0 unspecified atom stereocenters. The molecule has 1 fully saturated rings. The maximum Gasteiger partial charge on any atom is 0.319 e. The van der Waals surface area contributed by atoms with Gasteiger partial charge in [-0.1, -0.05) is 24.3 Å². The number of anilines is 1. The second kappa shape index (κ2) is 7.81. The van der Waals surface area contributed by atoms with E-state index in [4.69, 9.17) is 4.74 Å². The predicted molar refractivity (Wildman–Crippen MR) is 91.6 cm³/mol. The molecule has 3 rings (SSSR count). The van der Waals surface area contributed by atoms with Crippen LogP contribution in [0.3, 0.4) is 0 Å². The molecule has 2 aromatic carbocycles. The number of carbonyl (C=O) groups is 1. The van der Waals surface area contributed by atoms with Crippen molar-refractivity contribution < 1.29 is 13.9 Å². The zero-order valence-corrected chi connectivity index (χ0v) is 13.4. The van der Waals surface area contributed by atoms with Crippen LogP contribution in [0, 0.1) is 5.82 Å². The highest BCUT2D eigenvalue weighted by Crippen LogP contribution is 2.29. The Morgan fingerprint density at radius 2 is 1.79 bits per heavy atom. The van der Waals surface area contributed by atoms with Gasteiger partial charge in [0.2, 0.25) is 0 Å². The minimum absolute atomic E-state index is 0.232. The number of carbonyl (C=O) groups excluding carboxylic acids is 1. The quantitative estimate of drug-likeness (QED) is 0.851. The zero-order valence-electron chi connectivity index (χ0n) is 13.4. The number of rotatable bonds is 5. The molecule has 0 aromatic heterocycles. The molecule has 0 spiro atoms. The second-order valence-corrected chi connectivity index (χ2v) is 5.95. The van der Waals surface area contributed by atoms with E-state index in [0.29, 0.717) is 18.0 Å². The monoisotopic (exact) mass is 328 g/mol. The molecule has 2 N–H and O–H groups in total. The molecule has 24 heavy (non-hydrogen) atoms. The van der Waals surface area contributed by atoms with Crippen molar-refractivity contribution in [2.24, 2.45) is 0 Å². The molecule has 126 valence electrons. The first-order valence-corrected chi connectivity index (χ1v) is 8.26. The van der Waals surface area contributed by atoms with E-state index < -0.39 is 0 Å². The van der Waals surface area contributed by atoms with Crippen LogP contribution in [0.1, 0.15) is 31.2 Å². The molecule has 2 aromatic rings. The van der Waals surface area contributed by atoms with Crippen LogP contribution < -0.4 is 15.4 Å². The molecule has 4 nitrogen and oxygen atoms in total. The Bertz CT molecular complexity index is 682. The summed E-state index contributed by atoms with van der Waals surface area (Å²) in [6.07, 6.45) is 4.74. The van der Waals surface area contributed by atoms with Gasteiger partial charge in [-0.15, -0.1) is 0 Å². The van der Waals surface area contributed by atoms with Gasteiger partial charge in [-0.3, -0.25) is 0 Å². The van der Waals surface area contributed by atoms with Crippen LogP contribution in [0.15, 0.2) is 48.5 Å². The predicted octanol–water partition coefficient (Wildman–Crippen LogP) is 4.47. The lowest BCUT2D eigenvalue weighted by molar-refractivity contribution is 0.211. The van der Waals surface area contributed by atoms with Crippen LogP contribution in [0.25, 0.3) is 0 Å². The van der Waals surface area contributed by atoms with Gasteiger partial charge in [0.15, 0.2) is 0 Å². The van der Waals surface area contributed by atoms with E-state index in [0.717, 1.165) is 18.4 Å². The van der Waals surface area contributed by atoms with Gasteiger partial charge in [0.05, 0.1) is 11.8 Å². The van der Waals surface area contributed by atoms with Crippen molar-refractivity contribution in [3.63, 3.8) is 0 Å². The normalized spacial score (nSPS) is 14.4. The third-order valence-corrected chi connectivity index (χ3v) is 4.10. The summed E-state index contributed by atoms with van der Waals surface area (Å²) in [5.41, 5.74) is 1.49. The van der Waals surface area contributed by atoms with Crippen LogP contribution >= 0.6 is 0 Å². The van der Waals surface area contributed by atoms with E-state index in [1.165, 1.54) is 25.0 Å². The van der Waals surface area contributed by atoms with Gasteiger partial charge in [-0.2, -0.15) is 0 Å². The van der Waals surface area contributed by atoms with E-state index in [2.05, 4.69) is 10.6 Å². The maximum absolute atomic E-state index is 12.9. The van der Waals surface area contributed by atoms with Crippen molar-refractivity contribution in [2.45, 2.75) is 38.3 Å². The van der Waals surface area contributed by atoms with Crippen molar-refractivity contribution in [1.82, 2.24) is 5.32 Å². The number of nitrogens with one attached hydrogen (secondary N) is 2. The van der Waals surface area contributed by atoms with E-state index >= 15 is 0 Å². The average Bonchev–Trinajstić information content (AvgIpc) is 3.09. The first kappa shape index (κ1) is 16.3. The van der Waals surface area contributed by atoms with Crippen molar-refractivity contribution in [3.05, 3.63) is 59.9 Å². The molecule has 0 radical (unpaired) electrons. The largest absolute Gasteiger partial charge is 0.488 e. The van der Waals surface area contributed by atoms with Crippen LogP contribution in [0.4, 0.5) is 14.9 Å². The molecule has 0 saturated heterocycles. The van der Waals surface area contributed by atoms with Gasteiger partial charge < -0.3 is 15.4 Å². The molecule has 0 bridgehead atoms. The van der Waals surface area contributed by atoms with Crippen molar-refractivity contribution in [1.29, 1.82) is 0 Å². The Kier molecular flexibility index (Phi) is 5.31. The minimum atomic E-state index is -0.318. The Morgan fingerprint density at radius 1 is 1.08 bits per heavy atom. The first-order valence-electron chi connectivity index (χ1n) is 8.26. The molecule has 0 heterocycles. The van der Waals surface area contributed by atoms with Gasteiger partial charge in [0, 0.05) is 6.54 Å². The molecular weight excluding hydrogens is 307 g/mol. The lowest BCUT2D eigenvalue weighted by Gasteiger charge is -2.17. The second-order valence-electron chi connectivity index (χ2n) is 5.95. The topological polar surface area (TPSA) is 50.4 Å². The molecule has 1 aliphatic rings. The van der Waals surface area contributed by atoms with Crippen LogP contribution in [-0.2, 0) is 6.54 Å². The maximum atomic E-state index is 12.9. The summed E-state index contributed by atoms with van der Waals surface area (Å²) in [6, 6.07) is 13.2. The number of urea groups is 1. The summed E-state index contributed by atoms with van der Waals surface area (Å²) < 4.78 is 18.9. The van der Waals surface area contributed by atoms with Crippen LogP contribution in [0.5, 0.6) is 5.75 Å². The highest BCUT2D eigenvalue weighted by molar-refractivity contribution is 5.90. The summed E-state index contributed by atoms with van der Waals surface area (Å²) in [5, 5.41) is 5.58. The highest BCUT2D eigenvalue weighted by atomic mass is 19.1. The van der Waals surface area contributed by atoms with Gasteiger partial charge in [0.25, 0.3) is 0 Å². The van der Waals surface area contributed by atoms with Crippen molar-refractivity contribution in [2.75, 3.05) is 5.32 Å². The first-order chi connectivity index (χ1) is 11.7. The Hall–Kier alpha value is -2.56. The van der Waals surface area contributed by atoms with E-state index in [9.17, 15) is 9.18 Å². The number of para-hydroxylation sites is 2. The minimum Gasteiger partial charge on any atom is -0.488 e. The standard InChI is InChI=1S/C19H21FN2O2/c20-15-11-9-14(10-12-15)13-21-19(23)22-17-7-3-4-8-18(17)24-16-5-1-2-6-16/h3-4,7-12,16H,1-2,5-6,13H2,(H2,21,22,23). The van der Waals surface area contributed by atoms with Crippen LogP contribution in [-0.4, -0.2) is 12.1 Å². The Morgan fingerprint density at radius 3 is 2.54 bits per heavy atom. The average molecular weight is 328 g/mol. The number of hydrogen-bond donors (Lipinski definition) is 2. The molecule has 0 atom stereocenters. The third-order valence-electron chi connectivity index (χ3n) is 4.10. The van der Waals surface area contributed by atoms with Crippen molar-refractivity contribution >= 4 is 11.7 Å². The van der Waals surface area contributed by atoms with Gasteiger partial charge >= 0.3 is 6.03 Å². The van der Waals surface area contributed by atoms with Gasteiger partial charge in [0.1, 0.15) is 11.6 Å². The summed E-state index contributed by atoms with van der Waals surface area (Å²) in [4.78, 5) is 12.1. The molecular formula is C19H21FN2O2. The Balaban J connectivity index is 1.56. The number of ether oxygens (including phenoxy) is 1. The summed E-state index contributed by atoms with van der Waals surface area (Å²) in [7, 11) is 0. The van der Waals surface area contributed by atoms with Crippen LogP contribution in [0.2, 0.25) is 0 Å². The number of hydrogen-bond acceptors (Lipinski definition) is 2. The highest BCUT2D eigenvalue weighted by Gasteiger charge is 2.18. The van der Waals surface area contributed by atoms with E-state index in [-0.39, 0.29) is 18.0 Å². The smallest absolute Gasteiger partial charge is 0.319 e. The Labute approximate surface area is 141 Å². The fraction of sp³-hybridized carbons (Fsp3) is 0.316. The van der Waals surface area contributed by atoms with E-state index in [1.54, 1.807) is 12.1 Å². The number of benzene rings is 2. The molecule has 5 heteroatoms. The lowest BCUT2D eigenvalue weighted by Crippen LogP contribution is -2.28. The fourth-order valence-corrected chi connectivity index (χ4v) is 2.81.